The maximum absolute atomic E-state index is 11.9. The highest BCUT2D eigenvalue weighted by Gasteiger charge is 2.30. The number of rotatable bonds is 4. The molecule has 0 radical (unpaired) electrons. The quantitative estimate of drug-likeness (QED) is 0.591. The molecule has 1 aliphatic carbocycles. The number of imidazole rings is 1. The molecule has 2 N–H and O–H groups in total. The Bertz CT molecular complexity index is 1140. The molecule has 0 bridgehead atoms. The number of aliphatic hydroxyl groups is 1. The number of pyridine rings is 1. The number of aromatic nitrogens is 3. The van der Waals surface area contributed by atoms with E-state index in [1.54, 1.807) is 6.20 Å². The fraction of sp³-hybridized carbons (Fsp3) is 0.211. The number of fused-ring (bicyclic) bond motifs is 2. The Hall–Kier alpha value is -3.19. The number of hydrogen-bond acceptors (Lipinski definition) is 5. The van der Waals surface area contributed by atoms with Crippen LogP contribution in [-0.4, -0.2) is 25.4 Å². The van der Waals surface area contributed by atoms with Crippen LogP contribution in [0.4, 0.5) is 5.82 Å². The van der Waals surface area contributed by atoms with E-state index < -0.39 is 0 Å². The molecule has 7 nitrogen and oxygen atoms in total. The predicted molar refractivity (Wildman–Crippen MR) is 95.5 cm³/mol. The number of nitrogens with one attached hydrogen (secondary N) is 1. The third-order valence-corrected chi connectivity index (χ3v) is 4.69. The SMILES string of the molecule is O=C(Nc1cn2cc(-c3cc4ocnc4cc3CO)ccc2n1)C1CC1. The maximum Gasteiger partial charge on any atom is 0.228 e. The molecule has 0 aliphatic heterocycles. The van der Waals surface area contributed by atoms with Gasteiger partial charge in [0.15, 0.2) is 17.8 Å². The molecule has 1 aromatic carbocycles. The summed E-state index contributed by atoms with van der Waals surface area (Å²) in [4.78, 5) is 20.5. The van der Waals surface area contributed by atoms with Gasteiger partial charge in [-0.2, -0.15) is 0 Å². The van der Waals surface area contributed by atoms with E-state index in [2.05, 4.69) is 15.3 Å². The van der Waals surface area contributed by atoms with Crippen molar-refractivity contribution in [2.24, 2.45) is 5.92 Å². The van der Waals surface area contributed by atoms with E-state index in [9.17, 15) is 9.90 Å². The minimum atomic E-state index is -0.0944. The van der Waals surface area contributed by atoms with E-state index in [4.69, 9.17) is 4.42 Å². The molecule has 26 heavy (non-hydrogen) atoms. The van der Waals surface area contributed by atoms with Crippen molar-refractivity contribution < 1.29 is 14.3 Å². The molecular formula is C19H16N4O3. The molecule has 1 aliphatic rings. The number of anilines is 1. The summed E-state index contributed by atoms with van der Waals surface area (Å²) in [5, 5.41) is 12.6. The number of carbonyl (C=O) groups is 1. The van der Waals surface area contributed by atoms with Crippen molar-refractivity contribution >= 4 is 28.5 Å². The van der Waals surface area contributed by atoms with Crippen molar-refractivity contribution in [3.05, 3.63) is 48.6 Å². The molecule has 4 aromatic rings. The van der Waals surface area contributed by atoms with Gasteiger partial charge in [-0.25, -0.2) is 9.97 Å². The molecule has 0 saturated heterocycles. The summed E-state index contributed by atoms with van der Waals surface area (Å²) in [6.45, 7) is -0.0944. The highest BCUT2D eigenvalue weighted by atomic mass is 16.3. The molecule has 5 rings (SSSR count). The second-order valence-corrected chi connectivity index (χ2v) is 6.56. The van der Waals surface area contributed by atoms with Crippen LogP contribution in [0, 0.1) is 5.92 Å². The van der Waals surface area contributed by atoms with Gasteiger partial charge >= 0.3 is 0 Å². The van der Waals surface area contributed by atoms with Crippen molar-refractivity contribution in [3.8, 4) is 11.1 Å². The Labute approximate surface area is 148 Å². The van der Waals surface area contributed by atoms with Crippen LogP contribution in [0.15, 0.2) is 47.5 Å². The summed E-state index contributed by atoms with van der Waals surface area (Å²) < 4.78 is 7.25. The van der Waals surface area contributed by atoms with Gasteiger partial charge in [-0.1, -0.05) is 0 Å². The van der Waals surface area contributed by atoms with Crippen molar-refractivity contribution in [2.45, 2.75) is 19.4 Å². The smallest absolute Gasteiger partial charge is 0.228 e. The molecule has 1 saturated carbocycles. The Morgan fingerprint density at radius 2 is 2.19 bits per heavy atom. The molecule has 1 fully saturated rings. The largest absolute Gasteiger partial charge is 0.443 e. The fourth-order valence-corrected chi connectivity index (χ4v) is 3.13. The number of aliphatic hydroxyl groups excluding tert-OH is 1. The van der Waals surface area contributed by atoms with Crippen molar-refractivity contribution in [1.82, 2.24) is 14.4 Å². The molecular weight excluding hydrogens is 332 g/mol. The second kappa shape index (κ2) is 5.67. The first-order valence-electron chi connectivity index (χ1n) is 8.48. The summed E-state index contributed by atoms with van der Waals surface area (Å²) in [5.41, 5.74) is 4.68. The standard InChI is InChI=1S/C19H16N4O3/c24-9-13-5-15-16(26-10-20-15)6-14(13)12-3-4-18-21-17(8-23(18)7-12)22-19(25)11-1-2-11/h3-8,10-11,24H,1-2,9H2,(H,22,25). The minimum Gasteiger partial charge on any atom is -0.443 e. The Morgan fingerprint density at radius 1 is 1.31 bits per heavy atom. The number of amides is 1. The molecule has 130 valence electrons. The van der Waals surface area contributed by atoms with Crippen LogP contribution >= 0.6 is 0 Å². The lowest BCUT2D eigenvalue weighted by atomic mass is 10.0. The number of hydrogen-bond donors (Lipinski definition) is 2. The molecule has 3 heterocycles. The molecule has 0 unspecified atom stereocenters. The van der Waals surface area contributed by atoms with E-state index in [-0.39, 0.29) is 18.4 Å². The van der Waals surface area contributed by atoms with Crippen LogP contribution in [0.5, 0.6) is 0 Å². The molecule has 1 amide bonds. The molecule has 7 heteroatoms. The van der Waals surface area contributed by atoms with Crippen LogP contribution in [-0.2, 0) is 11.4 Å². The zero-order valence-electron chi connectivity index (χ0n) is 13.8. The average Bonchev–Trinajstić information content (AvgIpc) is 3.28. The van der Waals surface area contributed by atoms with Gasteiger partial charge in [0.25, 0.3) is 0 Å². The Morgan fingerprint density at radius 3 is 3.00 bits per heavy atom. The molecule has 0 atom stereocenters. The number of nitrogens with zero attached hydrogens (tertiary/aromatic N) is 3. The number of carbonyl (C=O) groups excluding carboxylic acids is 1. The van der Waals surface area contributed by atoms with Crippen molar-refractivity contribution in [3.63, 3.8) is 0 Å². The van der Waals surface area contributed by atoms with E-state index in [0.29, 0.717) is 16.9 Å². The van der Waals surface area contributed by atoms with Crippen LogP contribution in [0.3, 0.4) is 0 Å². The van der Waals surface area contributed by atoms with E-state index in [0.717, 1.165) is 35.2 Å². The lowest BCUT2D eigenvalue weighted by Crippen LogP contribution is -2.13. The Balaban J connectivity index is 1.55. The third-order valence-electron chi connectivity index (χ3n) is 4.69. The van der Waals surface area contributed by atoms with Crippen LogP contribution in [0.2, 0.25) is 0 Å². The highest BCUT2D eigenvalue weighted by Crippen LogP contribution is 2.31. The summed E-state index contributed by atoms with van der Waals surface area (Å²) in [7, 11) is 0. The molecule has 0 spiro atoms. The van der Waals surface area contributed by atoms with Crippen molar-refractivity contribution in [2.75, 3.05) is 5.32 Å². The van der Waals surface area contributed by atoms with E-state index in [1.807, 2.05) is 34.9 Å². The highest BCUT2D eigenvalue weighted by molar-refractivity contribution is 5.93. The lowest BCUT2D eigenvalue weighted by Gasteiger charge is -2.08. The first kappa shape index (κ1) is 15.1. The topological polar surface area (TPSA) is 92.7 Å². The fourth-order valence-electron chi connectivity index (χ4n) is 3.13. The van der Waals surface area contributed by atoms with Gasteiger partial charge in [0, 0.05) is 12.1 Å². The zero-order chi connectivity index (χ0) is 17.7. The Kier molecular flexibility index (Phi) is 3.29. The second-order valence-electron chi connectivity index (χ2n) is 6.56. The maximum atomic E-state index is 11.9. The van der Waals surface area contributed by atoms with Gasteiger partial charge in [-0.05, 0) is 53.8 Å². The third kappa shape index (κ3) is 2.53. The summed E-state index contributed by atoms with van der Waals surface area (Å²) in [6.07, 6.45) is 7.02. The minimum absolute atomic E-state index is 0.0342. The van der Waals surface area contributed by atoms with E-state index in [1.165, 1.54) is 6.39 Å². The lowest BCUT2D eigenvalue weighted by molar-refractivity contribution is -0.117. The van der Waals surface area contributed by atoms with Crippen molar-refractivity contribution in [1.29, 1.82) is 0 Å². The molecule has 3 aromatic heterocycles. The van der Waals surface area contributed by atoms with Gasteiger partial charge in [-0.15, -0.1) is 0 Å². The van der Waals surface area contributed by atoms with E-state index >= 15 is 0 Å². The number of oxazole rings is 1. The van der Waals surface area contributed by atoms with Gasteiger partial charge < -0.3 is 19.2 Å². The van der Waals surface area contributed by atoms with Crippen LogP contribution < -0.4 is 5.32 Å². The average molecular weight is 348 g/mol. The normalized spacial score (nSPS) is 14.2. The summed E-state index contributed by atoms with van der Waals surface area (Å²) in [6, 6.07) is 7.52. The zero-order valence-corrected chi connectivity index (χ0v) is 13.8. The van der Waals surface area contributed by atoms with Gasteiger partial charge in [0.1, 0.15) is 11.2 Å². The monoisotopic (exact) mass is 348 g/mol. The summed E-state index contributed by atoms with van der Waals surface area (Å²) >= 11 is 0. The number of benzene rings is 1. The van der Waals surface area contributed by atoms with Gasteiger partial charge in [0.05, 0.1) is 12.8 Å². The van der Waals surface area contributed by atoms with Gasteiger partial charge in [-0.3, -0.25) is 4.79 Å². The predicted octanol–water partition coefficient (Wildman–Crippen LogP) is 2.98. The van der Waals surface area contributed by atoms with Gasteiger partial charge in [0.2, 0.25) is 5.91 Å². The first-order valence-corrected chi connectivity index (χ1v) is 8.48. The van der Waals surface area contributed by atoms with Crippen LogP contribution in [0.25, 0.3) is 27.9 Å². The van der Waals surface area contributed by atoms with Crippen LogP contribution in [0.1, 0.15) is 18.4 Å². The summed E-state index contributed by atoms with van der Waals surface area (Å²) in [5.74, 6) is 0.718. The first-order chi connectivity index (χ1) is 12.7.